The number of fused-ring (bicyclic) bond motifs is 1. The number of amides is 1. The zero-order valence-corrected chi connectivity index (χ0v) is 16.9. The molecule has 0 spiro atoms. The number of anilines is 1. The van der Waals surface area contributed by atoms with Crippen molar-refractivity contribution in [3.63, 3.8) is 0 Å². The van der Waals surface area contributed by atoms with Gasteiger partial charge in [-0.15, -0.1) is 23.1 Å². The normalized spacial score (nSPS) is 13.5. The molecular formula is C20H23NO3S2. The monoisotopic (exact) mass is 389 g/mol. The maximum atomic E-state index is 13.2. The van der Waals surface area contributed by atoms with Crippen molar-refractivity contribution in [2.45, 2.75) is 39.0 Å². The number of benzene rings is 1. The van der Waals surface area contributed by atoms with Crippen molar-refractivity contribution < 1.29 is 14.3 Å². The molecule has 0 aliphatic carbocycles. The van der Waals surface area contributed by atoms with Crippen molar-refractivity contribution in [2.75, 3.05) is 17.7 Å². The van der Waals surface area contributed by atoms with Gasteiger partial charge in [-0.05, 0) is 24.2 Å². The lowest BCUT2D eigenvalue weighted by molar-refractivity contribution is -0.113. The van der Waals surface area contributed by atoms with Crippen LogP contribution in [0.5, 0.6) is 0 Å². The SMILES string of the molecule is Cc1ccc(C(=O)c2c(NC(=O)CSC(C)C)sc3c2CCOC3)cc1. The molecule has 6 heteroatoms. The van der Waals surface area contributed by atoms with Gasteiger partial charge in [0.15, 0.2) is 5.78 Å². The number of ketones is 1. The minimum atomic E-state index is -0.0684. The molecule has 26 heavy (non-hydrogen) atoms. The van der Waals surface area contributed by atoms with E-state index in [0.29, 0.717) is 46.8 Å². The van der Waals surface area contributed by atoms with E-state index in [9.17, 15) is 9.59 Å². The minimum Gasteiger partial charge on any atom is -0.376 e. The van der Waals surface area contributed by atoms with Gasteiger partial charge in [0, 0.05) is 10.4 Å². The summed E-state index contributed by atoms with van der Waals surface area (Å²) in [4.78, 5) is 26.5. The van der Waals surface area contributed by atoms with Crippen LogP contribution in [-0.2, 0) is 22.6 Å². The number of thiophene rings is 1. The smallest absolute Gasteiger partial charge is 0.234 e. The Balaban J connectivity index is 1.91. The minimum absolute atomic E-state index is 0.0313. The Hall–Kier alpha value is -1.63. The van der Waals surface area contributed by atoms with Crippen LogP contribution in [0.2, 0.25) is 0 Å². The first-order valence-corrected chi connectivity index (χ1v) is 10.6. The van der Waals surface area contributed by atoms with Crippen LogP contribution in [-0.4, -0.2) is 29.3 Å². The third kappa shape index (κ3) is 4.37. The number of hydrogen-bond acceptors (Lipinski definition) is 5. The Morgan fingerprint density at radius 1 is 1.27 bits per heavy atom. The fourth-order valence-corrected chi connectivity index (χ4v) is 4.57. The number of carbonyl (C=O) groups is 2. The summed E-state index contributed by atoms with van der Waals surface area (Å²) in [7, 11) is 0. The van der Waals surface area contributed by atoms with E-state index in [1.165, 1.54) is 11.3 Å². The second-order valence-electron chi connectivity index (χ2n) is 6.61. The third-order valence-electron chi connectivity index (χ3n) is 4.16. The largest absolute Gasteiger partial charge is 0.376 e. The zero-order valence-electron chi connectivity index (χ0n) is 15.3. The van der Waals surface area contributed by atoms with Gasteiger partial charge < -0.3 is 10.1 Å². The van der Waals surface area contributed by atoms with Gasteiger partial charge in [0.05, 0.1) is 24.5 Å². The molecule has 3 rings (SSSR count). The molecule has 138 valence electrons. The Labute approximate surface area is 162 Å². The number of nitrogens with one attached hydrogen (secondary N) is 1. The number of ether oxygens (including phenoxy) is 1. The maximum absolute atomic E-state index is 13.2. The van der Waals surface area contributed by atoms with Crippen molar-refractivity contribution in [1.29, 1.82) is 0 Å². The Bertz CT molecular complexity index is 809. The van der Waals surface area contributed by atoms with E-state index in [2.05, 4.69) is 19.2 Å². The van der Waals surface area contributed by atoms with Crippen LogP contribution in [0.1, 0.15) is 45.8 Å². The highest BCUT2D eigenvalue weighted by Gasteiger charge is 2.27. The van der Waals surface area contributed by atoms with E-state index in [0.717, 1.165) is 16.0 Å². The predicted octanol–water partition coefficient (Wildman–Crippen LogP) is 4.44. The van der Waals surface area contributed by atoms with E-state index in [-0.39, 0.29) is 11.7 Å². The second kappa shape index (κ2) is 8.37. The van der Waals surface area contributed by atoms with Gasteiger partial charge in [0.2, 0.25) is 5.91 Å². The average molecular weight is 390 g/mol. The molecule has 0 radical (unpaired) electrons. The summed E-state index contributed by atoms with van der Waals surface area (Å²) in [6.45, 7) is 7.23. The molecule has 1 aliphatic rings. The summed E-state index contributed by atoms with van der Waals surface area (Å²) in [5, 5.41) is 4.01. The molecule has 0 saturated carbocycles. The topological polar surface area (TPSA) is 55.4 Å². The van der Waals surface area contributed by atoms with Crippen molar-refractivity contribution in [3.05, 3.63) is 51.4 Å². The molecule has 0 saturated heterocycles. The number of carbonyl (C=O) groups excluding carboxylic acids is 2. The molecule has 1 aromatic carbocycles. The van der Waals surface area contributed by atoms with Gasteiger partial charge in [-0.1, -0.05) is 43.7 Å². The molecule has 0 atom stereocenters. The van der Waals surface area contributed by atoms with Crippen LogP contribution in [0, 0.1) is 6.92 Å². The number of rotatable bonds is 6. The Morgan fingerprint density at radius 2 is 2.00 bits per heavy atom. The molecule has 2 aromatic rings. The van der Waals surface area contributed by atoms with Gasteiger partial charge in [-0.25, -0.2) is 0 Å². The second-order valence-corrected chi connectivity index (χ2v) is 9.28. The summed E-state index contributed by atoms with van der Waals surface area (Å²) in [6.07, 6.45) is 0.704. The fraction of sp³-hybridized carbons (Fsp3) is 0.400. The maximum Gasteiger partial charge on any atom is 0.234 e. The zero-order chi connectivity index (χ0) is 18.7. The van der Waals surface area contributed by atoms with Gasteiger partial charge >= 0.3 is 0 Å². The summed E-state index contributed by atoms with van der Waals surface area (Å²) in [5.41, 5.74) is 3.43. The van der Waals surface area contributed by atoms with Crippen LogP contribution in [0.4, 0.5) is 5.00 Å². The summed E-state index contributed by atoms with van der Waals surface area (Å²) >= 11 is 3.05. The van der Waals surface area contributed by atoms with Crippen LogP contribution in [0.15, 0.2) is 24.3 Å². The highest BCUT2D eigenvalue weighted by molar-refractivity contribution is 8.00. The molecule has 0 unspecified atom stereocenters. The Kier molecular flexibility index (Phi) is 6.16. The first-order valence-electron chi connectivity index (χ1n) is 8.70. The van der Waals surface area contributed by atoms with Crippen LogP contribution in [0.25, 0.3) is 0 Å². The fourth-order valence-electron chi connectivity index (χ4n) is 2.81. The standard InChI is InChI=1S/C20H23NO3S2/c1-12(2)25-11-17(22)21-20-18(15-8-9-24-10-16(15)26-20)19(23)14-6-4-13(3)5-7-14/h4-7,12H,8-11H2,1-3H3,(H,21,22). The van der Waals surface area contributed by atoms with Gasteiger partial charge in [-0.3, -0.25) is 9.59 Å². The molecule has 1 aliphatic heterocycles. The van der Waals surface area contributed by atoms with Crippen molar-refractivity contribution >= 4 is 39.8 Å². The molecule has 4 nitrogen and oxygen atoms in total. The Morgan fingerprint density at radius 3 is 2.69 bits per heavy atom. The lowest BCUT2D eigenvalue weighted by Crippen LogP contribution is -2.17. The van der Waals surface area contributed by atoms with Crippen LogP contribution >= 0.6 is 23.1 Å². The number of hydrogen-bond donors (Lipinski definition) is 1. The summed E-state index contributed by atoms with van der Waals surface area (Å²) in [5.74, 6) is 0.284. The first-order chi connectivity index (χ1) is 12.5. The lowest BCUT2D eigenvalue weighted by atomic mass is 9.97. The lowest BCUT2D eigenvalue weighted by Gasteiger charge is -2.13. The van der Waals surface area contributed by atoms with Crippen molar-refractivity contribution in [1.82, 2.24) is 0 Å². The molecule has 1 N–H and O–H groups in total. The molecular weight excluding hydrogens is 366 g/mol. The van der Waals surface area contributed by atoms with E-state index in [1.807, 2.05) is 31.2 Å². The van der Waals surface area contributed by atoms with Crippen molar-refractivity contribution in [3.8, 4) is 0 Å². The van der Waals surface area contributed by atoms with Crippen LogP contribution < -0.4 is 5.32 Å². The van der Waals surface area contributed by atoms with E-state index in [4.69, 9.17) is 4.74 Å². The highest BCUT2D eigenvalue weighted by atomic mass is 32.2. The highest BCUT2D eigenvalue weighted by Crippen LogP contribution is 2.38. The molecule has 0 bridgehead atoms. The predicted molar refractivity (Wildman–Crippen MR) is 109 cm³/mol. The van der Waals surface area contributed by atoms with Gasteiger partial charge in [0.1, 0.15) is 5.00 Å². The number of thioether (sulfide) groups is 1. The van der Waals surface area contributed by atoms with Crippen LogP contribution in [0.3, 0.4) is 0 Å². The molecule has 0 fully saturated rings. The third-order valence-corrected chi connectivity index (χ3v) is 6.38. The van der Waals surface area contributed by atoms with Gasteiger partial charge in [-0.2, -0.15) is 0 Å². The number of aryl methyl sites for hydroxylation is 1. The van der Waals surface area contributed by atoms with E-state index < -0.39 is 0 Å². The van der Waals surface area contributed by atoms with E-state index >= 15 is 0 Å². The summed E-state index contributed by atoms with van der Waals surface area (Å²) in [6, 6.07) is 7.57. The first kappa shape index (κ1) is 19.1. The quantitative estimate of drug-likeness (QED) is 0.742. The van der Waals surface area contributed by atoms with E-state index in [1.54, 1.807) is 11.8 Å². The summed E-state index contributed by atoms with van der Waals surface area (Å²) < 4.78 is 5.53. The molecule has 2 heterocycles. The van der Waals surface area contributed by atoms with Crippen molar-refractivity contribution in [2.24, 2.45) is 0 Å². The molecule has 1 amide bonds. The molecule has 1 aromatic heterocycles. The van der Waals surface area contributed by atoms with Gasteiger partial charge in [0.25, 0.3) is 0 Å². The average Bonchev–Trinajstić information content (AvgIpc) is 2.97.